The number of aromatic nitrogens is 2. The molecule has 0 amide bonds. The highest BCUT2D eigenvalue weighted by molar-refractivity contribution is 7.99. The number of rotatable bonds is 7. The second-order valence-corrected chi connectivity index (χ2v) is 8.69. The van der Waals surface area contributed by atoms with Crippen LogP contribution in [0.3, 0.4) is 0 Å². The molecule has 2 atom stereocenters. The van der Waals surface area contributed by atoms with Crippen molar-refractivity contribution in [3.8, 4) is 34.0 Å². The monoisotopic (exact) mass is 438 g/mol. The fourth-order valence-electron chi connectivity index (χ4n) is 3.85. The molecule has 2 aromatic carbocycles. The molecule has 0 spiro atoms. The van der Waals surface area contributed by atoms with E-state index in [1.165, 1.54) is 6.92 Å². The maximum Gasteiger partial charge on any atom is 0.302 e. The Morgan fingerprint density at radius 2 is 1.58 bits per heavy atom. The Hall–Kier alpha value is -2.93. The first-order valence-corrected chi connectivity index (χ1v) is 11.2. The third-order valence-electron chi connectivity index (χ3n) is 5.40. The lowest BCUT2D eigenvalue weighted by Gasteiger charge is -2.17. The van der Waals surface area contributed by atoms with E-state index in [9.17, 15) is 4.79 Å². The molecule has 0 bridgehead atoms. The number of imidazole rings is 1. The van der Waals surface area contributed by atoms with Crippen molar-refractivity contribution in [3.63, 3.8) is 0 Å². The van der Waals surface area contributed by atoms with Crippen LogP contribution in [0.2, 0.25) is 0 Å². The highest BCUT2D eigenvalue weighted by atomic mass is 32.2. The van der Waals surface area contributed by atoms with Crippen LogP contribution < -0.4 is 9.47 Å². The lowest BCUT2D eigenvalue weighted by Crippen LogP contribution is -2.22. The van der Waals surface area contributed by atoms with Crippen molar-refractivity contribution >= 4 is 17.7 Å². The highest BCUT2D eigenvalue weighted by Gasteiger charge is 2.32. The number of carbonyl (C=O) groups excluding carboxylic acids is 1. The highest BCUT2D eigenvalue weighted by Crippen LogP contribution is 2.39. The summed E-state index contributed by atoms with van der Waals surface area (Å²) in [4.78, 5) is 19.9. The van der Waals surface area contributed by atoms with Gasteiger partial charge in [0.2, 0.25) is 0 Å². The summed E-state index contributed by atoms with van der Waals surface area (Å²) in [5.41, 5.74) is 3.83. The van der Waals surface area contributed by atoms with Gasteiger partial charge in [0.15, 0.2) is 5.16 Å². The molecule has 0 radical (unpaired) electrons. The van der Waals surface area contributed by atoms with Crippen LogP contribution in [0.4, 0.5) is 0 Å². The van der Waals surface area contributed by atoms with Crippen molar-refractivity contribution in [2.24, 2.45) is 0 Å². The molecule has 0 aliphatic heterocycles. The van der Waals surface area contributed by atoms with E-state index in [1.54, 1.807) is 26.0 Å². The maximum absolute atomic E-state index is 11.5. The fraction of sp³-hybridized carbons (Fsp3) is 0.333. The van der Waals surface area contributed by atoms with Gasteiger partial charge in [-0.15, -0.1) is 0 Å². The second kappa shape index (κ2) is 9.47. The number of nitrogens with one attached hydrogen (secondary N) is 1. The molecule has 0 saturated heterocycles. The molecule has 162 valence electrons. The van der Waals surface area contributed by atoms with E-state index in [2.05, 4.69) is 4.98 Å². The Balaban J connectivity index is 1.68. The quantitative estimate of drug-likeness (QED) is 0.502. The van der Waals surface area contributed by atoms with Crippen molar-refractivity contribution in [1.29, 1.82) is 0 Å². The molecule has 2 unspecified atom stereocenters. The maximum atomic E-state index is 11.5. The number of esters is 1. The topological polar surface area (TPSA) is 73.4 Å². The van der Waals surface area contributed by atoms with Crippen LogP contribution in [0.25, 0.3) is 22.5 Å². The SMILES string of the molecule is COc1ccc(-c2nc(SC3CCCC3OC(C)=O)[nH]c2-c2ccc(OC)cc2)cc1. The number of thioether (sulfide) groups is 1. The van der Waals surface area contributed by atoms with Gasteiger partial charge in [-0.05, 0) is 67.8 Å². The van der Waals surface area contributed by atoms with E-state index >= 15 is 0 Å². The van der Waals surface area contributed by atoms with Crippen LogP contribution in [0.15, 0.2) is 53.7 Å². The van der Waals surface area contributed by atoms with E-state index in [-0.39, 0.29) is 17.3 Å². The van der Waals surface area contributed by atoms with Crippen molar-refractivity contribution in [3.05, 3.63) is 48.5 Å². The van der Waals surface area contributed by atoms with Crippen molar-refractivity contribution in [2.45, 2.75) is 42.7 Å². The largest absolute Gasteiger partial charge is 0.497 e. The molecule has 1 heterocycles. The third kappa shape index (κ3) is 4.88. The number of methoxy groups -OCH3 is 2. The van der Waals surface area contributed by atoms with Gasteiger partial charge in [-0.25, -0.2) is 4.98 Å². The van der Waals surface area contributed by atoms with Crippen LogP contribution >= 0.6 is 11.8 Å². The number of hydrogen-bond acceptors (Lipinski definition) is 6. The molecule has 1 N–H and O–H groups in total. The normalized spacial score (nSPS) is 18.0. The molecule has 7 heteroatoms. The predicted molar refractivity (Wildman–Crippen MR) is 122 cm³/mol. The van der Waals surface area contributed by atoms with Crippen LogP contribution in [0, 0.1) is 0 Å². The Kier molecular flexibility index (Phi) is 6.51. The minimum atomic E-state index is -0.227. The van der Waals surface area contributed by atoms with Gasteiger partial charge in [0, 0.05) is 23.3 Å². The molecule has 31 heavy (non-hydrogen) atoms. The molecule has 4 rings (SSSR count). The van der Waals surface area contributed by atoms with Gasteiger partial charge < -0.3 is 19.2 Å². The summed E-state index contributed by atoms with van der Waals surface area (Å²) < 4.78 is 16.1. The summed E-state index contributed by atoms with van der Waals surface area (Å²) in [6.07, 6.45) is 2.88. The molecule has 1 aromatic heterocycles. The molecular weight excluding hydrogens is 412 g/mol. The average Bonchev–Trinajstić information content (AvgIpc) is 3.41. The standard InChI is InChI=1S/C24H26N2O4S/c1-15(27)30-20-5-4-6-21(20)31-24-25-22(16-7-11-18(28-2)12-8-16)23(26-24)17-9-13-19(29-3)14-10-17/h7-14,20-21H,4-6H2,1-3H3,(H,25,26). The summed E-state index contributed by atoms with van der Waals surface area (Å²) in [5.74, 6) is 1.38. The van der Waals surface area contributed by atoms with Gasteiger partial charge in [-0.2, -0.15) is 0 Å². The summed E-state index contributed by atoms with van der Waals surface area (Å²) in [6.45, 7) is 1.47. The minimum absolute atomic E-state index is 0.0681. The molecule has 1 fully saturated rings. The Labute approximate surface area is 186 Å². The molecule has 1 aliphatic rings. The van der Waals surface area contributed by atoms with Gasteiger partial charge >= 0.3 is 5.97 Å². The number of hydrogen-bond donors (Lipinski definition) is 1. The van der Waals surface area contributed by atoms with E-state index < -0.39 is 0 Å². The lowest BCUT2D eigenvalue weighted by atomic mass is 10.0. The van der Waals surface area contributed by atoms with E-state index in [1.807, 2.05) is 48.5 Å². The number of benzene rings is 2. The molecule has 1 aliphatic carbocycles. The van der Waals surface area contributed by atoms with Crippen molar-refractivity contribution in [1.82, 2.24) is 9.97 Å². The van der Waals surface area contributed by atoms with E-state index in [4.69, 9.17) is 19.2 Å². The third-order valence-corrected chi connectivity index (χ3v) is 6.66. The zero-order chi connectivity index (χ0) is 21.8. The molecule has 6 nitrogen and oxygen atoms in total. The Morgan fingerprint density at radius 3 is 2.16 bits per heavy atom. The summed E-state index contributed by atoms with van der Waals surface area (Å²) in [7, 11) is 3.31. The van der Waals surface area contributed by atoms with Crippen LogP contribution in [0.5, 0.6) is 11.5 Å². The molecule has 1 saturated carbocycles. The second-order valence-electron chi connectivity index (χ2n) is 7.46. The number of ether oxygens (including phenoxy) is 3. The first kappa shape index (κ1) is 21.3. The predicted octanol–water partition coefficient (Wildman–Crippen LogP) is 5.34. The molecule has 3 aromatic rings. The smallest absolute Gasteiger partial charge is 0.302 e. The van der Waals surface area contributed by atoms with Crippen LogP contribution in [-0.2, 0) is 9.53 Å². The van der Waals surface area contributed by atoms with Gasteiger partial charge in [0.05, 0.1) is 25.6 Å². The van der Waals surface area contributed by atoms with Crippen molar-refractivity contribution < 1.29 is 19.0 Å². The molecular formula is C24H26N2O4S. The van der Waals surface area contributed by atoms with Gasteiger partial charge in [0.25, 0.3) is 0 Å². The summed E-state index contributed by atoms with van der Waals surface area (Å²) in [5, 5.41) is 1.02. The van der Waals surface area contributed by atoms with Crippen LogP contribution in [-0.4, -0.2) is 41.5 Å². The Morgan fingerprint density at radius 1 is 0.968 bits per heavy atom. The zero-order valence-corrected chi connectivity index (χ0v) is 18.7. The summed E-state index contributed by atoms with van der Waals surface area (Å²) in [6, 6.07) is 15.8. The number of H-pyrrole nitrogens is 1. The number of carbonyl (C=O) groups is 1. The van der Waals surface area contributed by atoms with Crippen molar-refractivity contribution in [2.75, 3.05) is 14.2 Å². The van der Waals surface area contributed by atoms with Crippen LogP contribution in [0.1, 0.15) is 26.2 Å². The zero-order valence-electron chi connectivity index (χ0n) is 17.9. The first-order valence-electron chi connectivity index (χ1n) is 10.3. The first-order chi connectivity index (χ1) is 15.1. The number of aromatic amines is 1. The van der Waals surface area contributed by atoms with E-state index in [0.717, 1.165) is 58.4 Å². The van der Waals surface area contributed by atoms with Gasteiger partial charge in [0.1, 0.15) is 17.6 Å². The lowest BCUT2D eigenvalue weighted by molar-refractivity contribution is -0.145. The van der Waals surface area contributed by atoms with Gasteiger partial charge in [-0.3, -0.25) is 4.79 Å². The Bertz CT molecular complexity index is 966. The fourth-order valence-corrected chi connectivity index (χ4v) is 5.07. The van der Waals surface area contributed by atoms with E-state index in [0.29, 0.717) is 0 Å². The van der Waals surface area contributed by atoms with Gasteiger partial charge in [-0.1, -0.05) is 11.8 Å². The average molecular weight is 439 g/mol. The summed E-state index contributed by atoms with van der Waals surface area (Å²) >= 11 is 1.65. The minimum Gasteiger partial charge on any atom is -0.497 e. The number of nitrogens with zero attached hydrogens (tertiary/aromatic N) is 1.